The number of aromatic nitrogens is 2. The van der Waals surface area contributed by atoms with Gasteiger partial charge in [0.15, 0.2) is 9.84 Å². The van der Waals surface area contributed by atoms with Crippen molar-refractivity contribution in [2.24, 2.45) is 5.92 Å². The molecule has 1 aromatic carbocycles. The van der Waals surface area contributed by atoms with Crippen molar-refractivity contribution in [1.82, 2.24) is 15.3 Å². The molecular weight excluding hydrogens is 420 g/mol. The van der Waals surface area contributed by atoms with Crippen molar-refractivity contribution in [3.8, 4) is 0 Å². The van der Waals surface area contributed by atoms with Gasteiger partial charge >= 0.3 is 5.97 Å². The molecule has 0 saturated carbocycles. The third kappa shape index (κ3) is 4.79. The lowest BCUT2D eigenvalue weighted by Gasteiger charge is -2.27. The van der Waals surface area contributed by atoms with Crippen LogP contribution in [0.3, 0.4) is 0 Å². The second-order valence-electron chi connectivity index (χ2n) is 8.16. The van der Waals surface area contributed by atoms with E-state index in [1.54, 1.807) is 12.1 Å². The van der Waals surface area contributed by atoms with Crippen LogP contribution in [-0.2, 0) is 24.2 Å². The van der Waals surface area contributed by atoms with E-state index in [0.29, 0.717) is 30.1 Å². The van der Waals surface area contributed by atoms with Crippen LogP contribution < -0.4 is 10.2 Å². The largest absolute Gasteiger partial charge is 0.467 e. The highest BCUT2D eigenvalue weighted by Gasteiger charge is 2.36. The molecule has 1 aromatic heterocycles. The number of nitrogens with zero attached hydrogens (tertiary/aromatic N) is 3. The second-order valence-corrected chi connectivity index (χ2v) is 10.2. The fourth-order valence-electron chi connectivity index (χ4n) is 3.76. The van der Waals surface area contributed by atoms with E-state index in [4.69, 9.17) is 4.74 Å². The summed E-state index contributed by atoms with van der Waals surface area (Å²) in [4.78, 5) is 36.2. The van der Waals surface area contributed by atoms with Crippen LogP contribution in [0.4, 0.5) is 5.95 Å². The Kier molecular flexibility index (Phi) is 6.49. The SMILES string of the molecule is COC(=O)[C@@H](NC(=O)[C@H]1CCCN1c1nc(C)c2ccc(S(C)(=O)=O)cc2n1)C(C)C. The second kappa shape index (κ2) is 8.78. The molecule has 1 saturated heterocycles. The van der Waals surface area contributed by atoms with E-state index in [1.165, 1.54) is 13.2 Å². The normalized spacial score (nSPS) is 17.7. The molecule has 0 aliphatic carbocycles. The molecule has 168 valence electrons. The predicted octanol–water partition coefficient (Wildman–Crippen LogP) is 1.62. The van der Waals surface area contributed by atoms with Gasteiger partial charge in [0.25, 0.3) is 0 Å². The van der Waals surface area contributed by atoms with Crippen LogP contribution >= 0.6 is 0 Å². The van der Waals surface area contributed by atoms with E-state index < -0.39 is 27.9 Å². The van der Waals surface area contributed by atoms with Gasteiger partial charge in [-0.3, -0.25) is 4.79 Å². The monoisotopic (exact) mass is 448 g/mol. The summed E-state index contributed by atoms with van der Waals surface area (Å²) in [5.74, 6) is -0.529. The Hall–Kier alpha value is -2.75. The van der Waals surface area contributed by atoms with Crippen molar-refractivity contribution in [2.45, 2.75) is 50.6 Å². The zero-order chi connectivity index (χ0) is 22.9. The minimum atomic E-state index is -3.38. The Bertz CT molecular complexity index is 1120. The van der Waals surface area contributed by atoms with E-state index in [1.807, 2.05) is 25.7 Å². The van der Waals surface area contributed by atoms with Gasteiger partial charge in [-0.25, -0.2) is 23.2 Å². The first kappa shape index (κ1) is 22.9. The molecule has 0 radical (unpaired) electrons. The summed E-state index contributed by atoms with van der Waals surface area (Å²) in [7, 11) is -2.08. The number of carbonyl (C=O) groups excluding carboxylic acids is 2. The van der Waals surface area contributed by atoms with Crippen LogP contribution in [0.15, 0.2) is 23.1 Å². The Labute approximate surface area is 182 Å². The average molecular weight is 449 g/mol. The van der Waals surface area contributed by atoms with Gasteiger partial charge in [-0.1, -0.05) is 13.8 Å². The first-order chi connectivity index (χ1) is 14.5. The number of nitrogens with one attached hydrogen (secondary N) is 1. The van der Waals surface area contributed by atoms with Crippen LogP contribution in [0.25, 0.3) is 10.9 Å². The van der Waals surface area contributed by atoms with Crippen molar-refractivity contribution in [3.63, 3.8) is 0 Å². The van der Waals surface area contributed by atoms with Gasteiger partial charge in [0.1, 0.15) is 12.1 Å². The van der Waals surface area contributed by atoms with Crippen molar-refractivity contribution < 1.29 is 22.7 Å². The van der Waals surface area contributed by atoms with Gasteiger partial charge in [0, 0.05) is 18.2 Å². The van der Waals surface area contributed by atoms with Crippen LogP contribution in [0.5, 0.6) is 0 Å². The summed E-state index contributed by atoms with van der Waals surface area (Å²) in [5.41, 5.74) is 1.20. The maximum absolute atomic E-state index is 13.0. The Morgan fingerprint density at radius 2 is 1.97 bits per heavy atom. The molecule has 3 rings (SSSR count). The third-order valence-electron chi connectivity index (χ3n) is 5.51. The fraction of sp³-hybridized carbons (Fsp3) is 0.524. The standard InChI is InChI=1S/C21H28N4O5S/c1-12(2)18(20(27)30-4)24-19(26)17-7-6-10-25(17)21-22-13(3)15-9-8-14(31(5,28)29)11-16(15)23-21/h8-9,11-12,17-18H,6-7,10H2,1-5H3,(H,24,26)/t17-,18+/m1/s1. The van der Waals surface area contributed by atoms with Crippen molar-refractivity contribution in [1.29, 1.82) is 0 Å². The van der Waals surface area contributed by atoms with E-state index in [0.717, 1.165) is 18.1 Å². The summed E-state index contributed by atoms with van der Waals surface area (Å²) >= 11 is 0. The highest BCUT2D eigenvalue weighted by Crippen LogP contribution is 2.27. The van der Waals surface area contributed by atoms with E-state index in [2.05, 4.69) is 15.3 Å². The summed E-state index contributed by atoms with van der Waals surface area (Å²) in [6, 6.07) is 3.50. The lowest BCUT2D eigenvalue weighted by Crippen LogP contribution is -2.52. The molecule has 1 aliphatic rings. The molecule has 2 heterocycles. The lowest BCUT2D eigenvalue weighted by molar-refractivity contribution is -0.146. The van der Waals surface area contributed by atoms with Gasteiger partial charge in [-0.15, -0.1) is 0 Å². The fourth-order valence-corrected chi connectivity index (χ4v) is 4.41. The third-order valence-corrected chi connectivity index (χ3v) is 6.62. The number of rotatable bonds is 6. The summed E-state index contributed by atoms with van der Waals surface area (Å²) < 4.78 is 28.7. The van der Waals surface area contributed by atoms with E-state index in [-0.39, 0.29) is 16.7 Å². The Morgan fingerprint density at radius 3 is 2.58 bits per heavy atom. The minimum absolute atomic E-state index is 0.125. The molecule has 1 N–H and O–H groups in total. The molecule has 1 amide bonds. The van der Waals surface area contributed by atoms with Crippen molar-refractivity contribution in [3.05, 3.63) is 23.9 Å². The number of aryl methyl sites for hydroxylation is 1. The number of fused-ring (bicyclic) bond motifs is 1. The molecule has 1 aliphatic heterocycles. The summed E-state index contributed by atoms with van der Waals surface area (Å²) in [5, 5.41) is 3.55. The smallest absolute Gasteiger partial charge is 0.328 e. The number of ether oxygens (including phenoxy) is 1. The number of hydrogen-bond donors (Lipinski definition) is 1. The zero-order valence-corrected chi connectivity index (χ0v) is 19.2. The van der Waals surface area contributed by atoms with Gasteiger partial charge < -0.3 is 15.0 Å². The molecule has 0 bridgehead atoms. The van der Waals surface area contributed by atoms with Crippen LogP contribution in [-0.4, -0.2) is 62.3 Å². The molecule has 0 unspecified atom stereocenters. The van der Waals surface area contributed by atoms with Crippen molar-refractivity contribution >= 4 is 38.6 Å². The number of anilines is 1. The topological polar surface area (TPSA) is 119 Å². The van der Waals surface area contributed by atoms with E-state index >= 15 is 0 Å². The van der Waals surface area contributed by atoms with Gasteiger partial charge in [0.05, 0.1) is 23.2 Å². The highest BCUT2D eigenvalue weighted by molar-refractivity contribution is 7.90. The molecule has 9 nitrogen and oxygen atoms in total. The number of hydrogen-bond acceptors (Lipinski definition) is 8. The number of amides is 1. The maximum atomic E-state index is 13.0. The maximum Gasteiger partial charge on any atom is 0.328 e. The number of benzene rings is 1. The van der Waals surface area contributed by atoms with Crippen LogP contribution in [0.1, 0.15) is 32.4 Å². The van der Waals surface area contributed by atoms with Gasteiger partial charge in [-0.2, -0.15) is 0 Å². The van der Waals surface area contributed by atoms with Crippen LogP contribution in [0.2, 0.25) is 0 Å². The number of sulfone groups is 1. The Morgan fingerprint density at radius 1 is 1.26 bits per heavy atom. The van der Waals surface area contributed by atoms with E-state index in [9.17, 15) is 18.0 Å². The van der Waals surface area contributed by atoms with Crippen molar-refractivity contribution in [2.75, 3.05) is 24.8 Å². The summed E-state index contributed by atoms with van der Waals surface area (Å²) in [6.07, 6.45) is 2.52. The quantitative estimate of drug-likeness (QED) is 0.663. The molecule has 10 heteroatoms. The van der Waals surface area contributed by atoms with Gasteiger partial charge in [0.2, 0.25) is 11.9 Å². The minimum Gasteiger partial charge on any atom is -0.467 e. The van der Waals surface area contributed by atoms with Gasteiger partial charge in [-0.05, 0) is 43.9 Å². The number of methoxy groups -OCH3 is 1. The predicted molar refractivity (Wildman–Crippen MR) is 117 cm³/mol. The molecular formula is C21H28N4O5S. The highest BCUT2D eigenvalue weighted by atomic mass is 32.2. The lowest BCUT2D eigenvalue weighted by atomic mass is 10.0. The number of esters is 1. The summed E-state index contributed by atoms with van der Waals surface area (Å²) in [6.45, 7) is 6.08. The van der Waals surface area contributed by atoms with Crippen LogP contribution in [0, 0.1) is 12.8 Å². The average Bonchev–Trinajstić information content (AvgIpc) is 3.20. The Balaban J connectivity index is 1.93. The first-order valence-corrected chi connectivity index (χ1v) is 12.1. The first-order valence-electron chi connectivity index (χ1n) is 10.2. The molecule has 2 aromatic rings. The molecule has 0 spiro atoms. The zero-order valence-electron chi connectivity index (χ0n) is 18.4. The molecule has 31 heavy (non-hydrogen) atoms. The number of carbonyl (C=O) groups is 2. The molecule has 1 fully saturated rings. The molecule has 2 atom stereocenters.